The maximum Gasteiger partial charge on any atom is 0.0122 e. The second-order valence-electron chi connectivity index (χ2n) is 6.62. The zero-order valence-electron chi connectivity index (χ0n) is 11.3. The van der Waals surface area contributed by atoms with Crippen molar-refractivity contribution in [3.05, 3.63) is 0 Å². The van der Waals surface area contributed by atoms with Crippen LogP contribution in [0.2, 0.25) is 0 Å². The van der Waals surface area contributed by atoms with E-state index < -0.39 is 0 Å². The Morgan fingerprint density at radius 3 is 2.65 bits per heavy atom. The van der Waals surface area contributed by atoms with E-state index in [4.69, 9.17) is 0 Å². The lowest BCUT2D eigenvalue weighted by Gasteiger charge is -2.46. The van der Waals surface area contributed by atoms with Gasteiger partial charge in [0.1, 0.15) is 0 Å². The van der Waals surface area contributed by atoms with E-state index >= 15 is 0 Å². The van der Waals surface area contributed by atoms with Crippen LogP contribution in [0.15, 0.2) is 0 Å². The molecule has 4 unspecified atom stereocenters. The molecular weight excluding hydrogens is 208 g/mol. The van der Waals surface area contributed by atoms with E-state index in [9.17, 15) is 0 Å². The molecule has 2 heterocycles. The largest absolute Gasteiger partial charge is 0.314 e. The number of fused-ring (bicyclic) bond motifs is 1. The molecule has 0 aromatic carbocycles. The average Bonchev–Trinajstić information content (AvgIpc) is 2.38. The van der Waals surface area contributed by atoms with Crippen LogP contribution in [0.4, 0.5) is 0 Å². The second kappa shape index (κ2) is 5.27. The zero-order chi connectivity index (χ0) is 11.7. The van der Waals surface area contributed by atoms with Gasteiger partial charge in [-0.15, -0.1) is 0 Å². The molecule has 2 saturated heterocycles. The third-order valence-electron chi connectivity index (χ3n) is 5.44. The van der Waals surface area contributed by atoms with Gasteiger partial charge >= 0.3 is 0 Å². The number of piperidine rings is 2. The van der Waals surface area contributed by atoms with Crippen molar-refractivity contribution in [1.82, 2.24) is 10.2 Å². The van der Waals surface area contributed by atoms with Crippen molar-refractivity contribution in [3.8, 4) is 0 Å². The first-order valence-corrected chi connectivity index (χ1v) is 7.80. The third kappa shape index (κ3) is 2.68. The predicted octanol–water partition coefficient (Wildman–Crippen LogP) is 2.64. The topological polar surface area (TPSA) is 15.3 Å². The van der Waals surface area contributed by atoms with Gasteiger partial charge < -0.3 is 5.32 Å². The molecule has 1 N–H and O–H groups in total. The van der Waals surface area contributed by atoms with Crippen LogP contribution in [0.25, 0.3) is 0 Å². The molecule has 0 aromatic heterocycles. The van der Waals surface area contributed by atoms with E-state index in [1.54, 1.807) is 0 Å². The Hall–Kier alpha value is -0.0800. The summed E-state index contributed by atoms with van der Waals surface area (Å²) in [5.74, 6) is 2.13. The number of hydrogen-bond acceptors (Lipinski definition) is 2. The predicted molar refractivity (Wildman–Crippen MR) is 72.1 cm³/mol. The molecule has 98 valence electrons. The SMILES string of the molecule is CC1CC(N2CCC3CCCCC3C2)CCN1. The molecule has 2 heteroatoms. The van der Waals surface area contributed by atoms with E-state index in [0.29, 0.717) is 0 Å². The highest BCUT2D eigenvalue weighted by Crippen LogP contribution is 2.37. The minimum atomic E-state index is 0.734. The summed E-state index contributed by atoms with van der Waals surface area (Å²) in [6.07, 6.45) is 10.3. The Morgan fingerprint density at radius 1 is 1.00 bits per heavy atom. The fourth-order valence-corrected chi connectivity index (χ4v) is 4.40. The number of rotatable bonds is 1. The van der Waals surface area contributed by atoms with Crippen molar-refractivity contribution in [1.29, 1.82) is 0 Å². The molecule has 0 radical (unpaired) electrons. The van der Waals surface area contributed by atoms with Crippen LogP contribution in [0.3, 0.4) is 0 Å². The summed E-state index contributed by atoms with van der Waals surface area (Å²) in [6.45, 7) is 6.39. The lowest BCUT2D eigenvalue weighted by Crippen LogP contribution is -2.51. The number of nitrogens with zero attached hydrogens (tertiary/aromatic N) is 1. The Bertz CT molecular complexity index is 253. The summed E-state index contributed by atoms with van der Waals surface area (Å²) < 4.78 is 0. The van der Waals surface area contributed by atoms with Crippen LogP contribution in [0.5, 0.6) is 0 Å². The van der Waals surface area contributed by atoms with Crippen molar-refractivity contribution >= 4 is 0 Å². The summed E-state index contributed by atoms with van der Waals surface area (Å²) in [5, 5.41) is 3.58. The molecule has 2 aliphatic heterocycles. The zero-order valence-corrected chi connectivity index (χ0v) is 11.3. The van der Waals surface area contributed by atoms with Crippen LogP contribution in [-0.2, 0) is 0 Å². The maximum absolute atomic E-state index is 3.58. The quantitative estimate of drug-likeness (QED) is 0.753. The highest BCUT2D eigenvalue weighted by Gasteiger charge is 2.34. The molecule has 0 bridgehead atoms. The molecule has 4 atom stereocenters. The molecule has 1 saturated carbocycles. The highest BCUT2D eigenvalue weighted by molar-refractivity contribution is 4.89. The summed E-state index contributed by atoms with van der Waals surface area (Å²) in [5.41, 5.74) is 0. The maximum atomic E-state index is 3.58. The van der Waals surface area contributed by atoms with E-state index in [2.05, 4.69) is 17.1 Å². The van der Waals surface area contributed by atoms with E-state index in [1.807, 2.05) is 0 Å². The van der Waals surface area contributed by atoms with Gasteiger partial charge in [0, 0.05) is 18.6 Å². The summed E-state index contributed by atoms with van der Waals surface area (Å²) in [6, 6.07) is 1.62. The summed E-state index contributed by atoms with van der Waals surface area (Å²) >= 11 is 0. The normalized spacial score (nSPS) is 44.3. The van der Waals surface area contributed by atoms with Gasteiger partial charge in [-0.2, -0.15) is 0 Å². The first-order chi connectivity index (χ1) is 8.33. The Labute approximate surface area is 106 Å². The summed E-state index contributed by atoms with van der Waals surface area (Å²) in [4.78, 5) is 2.84. The van der Waals surface area contributed by atoms with Crippen LogP contribution in [0, 0.1) is 11.8 Å². The molecular formula is C15H28N2. The molecule has 0 amide bonds. The lowest BCUT2D eigenvalue weighted by molar-refractivity contribution is 0.0416. The van der Waals surface area contributed by atoms with Gasteiger partial charge in [0.15, 0.2) is 0 Å². The van der Waals surface area contributed by atoms with Crippen LogP contribution in [0.1, 0.15) is 51.9 Å². The molecule has 3 aliphatic rings. The highest BCUT2D eigenvalue weighted by atomic mass is 15.2. The molecule has 0 spiro atoms. The van der Waals surface area contributed by atoms with Crippen molar-refractivity contribution in [2.45, 2.75) is 64.0 Å². The molecule has 1 aliphatic carbocycles. The fraction of sp³-hybridized carbons (Fsp3) is 1.00. The van der Waals surface area contributed by atoms with Gasteiger partial charge in [-0.05, 0) is 57.5 Å². The van der Waals surface area contributed by atoms with E-state index in [-0.39, 0.29) is 0 Å². The molecule has 0 aromatic rings. The number of likely N-dealkylation sites (tertiary alicyclic amines) is 1. The monoisotopic (exact) mass is 236 g/mol. The third-order valence-corrected chi connectivity index (χ3v) is 5.44. The molecule has 3 fully saturated rings. The Balaban J connectivity index is 1.57. The van der Waals surface area contributed by atoms with Gasteiger partial charge in [0.05, 0.1) is 0 Å². The van der Waals surface area contributed by atoms with Crippen molar-refractivity contribution in [3.63, 3.8) is 0 Å². The number of hydrogen-bond donors (Lipinski definition) is 1. The van der Waals surface area contributed by atoms with Gasteiger partial charge in [-0.3, -0.25) is 4.90 Å². The minimum Gasteiger partial charge on any atom is -0.314 e. The molecule has 17 heavy (non-hydrogen) atoms. The van der Waals surface area contributed by atoms with Gasteiger partial charge in [-0.1, -0.05) is 19.3 Å². The van der Waals surface area contributed by atoms with E-state index in [0.717, 1.165) is 23.9 Å². The average molecular weight is 236 g/mol. The Morgan fingerprint density at radius 2 is 1.82 bits per heavy atom. The van der Waals surface area contributed by atoms with E-state index in [1.165, 1.54) is 64.6 Å². The first kappa shape index (κ1) is 12.0. The van der Waals surface area contributed by atoms with Crippen molar-refractivity contribution < 1.29 is 0 Å². The minimum absolute atomic E-state index is 0.734. The van der Waals surface area contributed by atoms with Gasteiger partial charge in [0.25, 0.3) is 0 Å². The fourth-order valence-electron chi connectivity index (χ4n) is 4.40. The standard InChI is InChI=1S/C15H28N2/c1-12-10-15(6-8-16-12)17-9-7-13-4-2-3-5-14(13)11-17/h12-16H,2-11H2,1H3. The van der Waals surface area contributed by atoms with Gasteiger partial charge in [-0.25, -0.2) is 0 Å². The number of nitrogens with one attached hydrogen (secondary N) is 1. The van der Waals surface area contributed by atoms with Crippen LogP contribution in [-0.4, -0.2) is 36.6 Å². The molecule has 3 rings (SSSR count). The summed E-state index contributed by atoms with van der Waals surface area (Å²) in [7, 11) is 0. The first-order valence-electron chi connectivity index (χ1n) is 7.80. The smallest absolute Gasteiger partial charge is 0.0122 e. The molecule has 2 nitrogen and oxygen atoms in total. The second-order valence-corrected chi connectivity index (χ2v) is 6.62. The van der Waals surface area contributed by atoms with Crippen molar-refractivity contribution in [2.24, 2.45) is 11.8 Å². The lowest BCUT2D eigenvalue weighted by atomic mass is 9.74. The van der Waals surface area contributed by atoms with Crippen LogP contribution >= 0.6 is 0 Å². The van der Waals surface area contributed by atoms with Gasteiger partial charge in [0.2, 0.25) is 0 Å². The Kier molecular flexibility index (Phi) is 3.72. The van der Waals surface area contributed by atoms with Crippen LogP contribution < -0.4 is 5.32 Å². The van der Waals surface area contributed by atoms with Crippen molar-refractivity contribution in [2.75, 3.05) is 19.6 Å².